The largest absolute Gasteiger partial charge is 0.462 e. The molecule has 0 aliphatic heterocycles. The van der Waals surface area contributed by atoms with Crippen LogP contribution in [-0.2, 0) is 33.3 Å². The van der Waals surface area contributed by atoms with Crippen molar-refractivity contribution in [3.8, 4) is 0 Å². The lowest BCUT2D eigenvalue weighted by atomic mass is 10.2. The van der Waals surface area contributed by atoms with Crippen molar-refractivity contribution >= 4 is 11.9 Å². The molecule has 182 valence electrons. The smallest absolute Gasteiger partial charge is 0.333 e. The van der Waals surface area contributed by atoms with Gasteiger partial charge in [-0.05, 0) is 19.8 Å². The Morgan fingerprint density at radius 1 is 0.710 bits per heavy atom. The number of unbranched alkanes of at least 4 members (excludes halogenated alkanes) is 3. The van der Waals surface area contributed by atoms with Gasteiger partial charge < -0.3 is 28.8 Å². The summed E-state index contributed by atoms with van der Waals surface area (Å²) in [6.45, 7) is 16.0. The molecule has 0 aromatic heterocycles. The van der Waals surface area contributed by atoms with E-state index in [9.17, 15) is 9.59 Å². The first-order valence-corrected chi connectivity index (χ1v) is 10.9. The maximum Gasteiger partial charge on any atom is 0.333 e. The van der Waals surface area contributed by atoms with Crippen LogP contribution in [0, 0.1) is 0 Å². The highest BCUT2D eigenvalue weighted by Gasteiger charge is 2.04. The molecule has 0 unspecified atom stereocenters. The molecule has 0 saturated carbocycles. The van der Waals surface area contributed by atoms with Gasteiger partial charge in [0.15, 0.2) is 0 Å². The summed E-state index contributed by atoms with van der Waals surface area (Å²) >= 11 is 0. The molecule has 0 atom stereocenters. The minimum Gasteiger partial charge on any atom is -0.462 e. The van der Waals surface area contributed by atoms with Crippen LogP contribution in [0.5, 0.6) is 0 Å². The molecule has 0 saturated heterocycles. The first-order valence-electron chi connectivity index (χ1n) is 10.9. The molecular formula is C23H42O8. The van der Waals surface area contributed by atoms with Gasteiger partial charge >= 0.3 is 11.9 Å². The highest BCUT2D eigenvalue weighted by Crippen LogP contribution is 2.03. The van der Waals surface area contributed by atoms with Crippen molar-refractivity contribution < 1.29 is 38.4 Å². The van der Waals surface area contributed by atoms with Crippen LogP contribution < -0.4 is 0 Å². The summed E-state index contributed by atoms with van der Waals surface area (Å²) in [7, 11) is 0. The Hall–Kier alpha value is -1.74. The number of hydrogen-bond acceptors (Lipinski definition) is 8. The van der Waals surface area contributed by atoms with Crippen molar-refractivity contribution in [2.24, 2.45) is 0 Å². The number of carbonyl (C=O) groups is 2. The van der Waals surface area contributed by atoms with Gasteiger partial charge in [0.25, 0.3) is 0 Å². The molecule has 0 aromatic rings. The fraction of sp³-hybridized carbons (Fsp3) is 0.739. The van der Waals surface area contributed by atoms with E-state index in [1.165, 1.54) is 12.8 Å². The fourth-order valence-electron chi connectivity index (χ4n) is 1.86. The third-order valence-electron chi connectivity index (χ3n) is 3.74. The van der Waals surface area contributed by atoms with Crippen LogP contribution in [-0.4, -0.2) is 76.5 Å². The van der Waals surface area contributed by atoms with Crippen molar-refractivity contribution in [1.82, 2.24) is 0 Å². The molecule has 0 aromatic carbocycles. The van der Waals surface area contributed by atoms with Crippen LogP contribution in [0.3, 0.4) is 0 Å². The summed E-state index contributed by atoms with van der Waals surface area (Å²) in [6.07, 6.45) is 5.20. The van der Waals surface area contributed by atoms with Crippen molar-refractivity contribution in [2.45, 2.75) is 52.9 Å². The van der Waals surface area contributed by atoms with E-state index in [0.717, 1.165) is 12.8 Å². The SMILES string of the molecule is C=C(C)C(=O)OCCOCCOCCOCCO.C=C(CC)C(=O)OCCCCCC. The van der Waals surface area contributed by atoms with Crippen LogP contribution in [0.4, 0.5) is 0 Å². The number of hydrogen-bond donors (Lipinski definition) is 1. The Labute approximate surface area is 187 Å². The van der Waals surface area contributed by atoms with E-state index in [2.05, 4.69) is 20.1 Å². The van der Waals surface area contributed by atoms with Gasteiger partial charge in [-0.15, -0.1) is 0 Å². The fourth-order valence-corrected chi connectivity index (χ4v) is 1.86. The zero-order chi connectivity index (χ0) is 23.7. The number of ether oxygens (including phenoxy) is 5. The molecule has 31 heavy (non-hydrogen) atoms. The van der Waals surface area contributed by atoms with Gasteiger partial charge in [0.05, 0.1) is 52.9 Å². The van der Waals surface area contributed by atoms with Gasteiger partial charge in [-0.1, -0.05) is 46.3 Å². The quantitative estimate of drug-likeness (QED) is 0.183. The average Bonchev–Trinajstić information content (AvgIpc) is 2.76. The van der Waals surface area contributed by atoms with Gasteiger partial charge in [-0.3, -0.25) is 0 Å². The average molecular weight is 447 g/mol. The van der Waals surface area contributed by atoms with E-state index < -0.39 is 5.97 Å². The zero-order valence-corrected chi connectivity index (χ0v) is 19.6. The lowest BCUT2D eigenvalue weighted by Crippen LogP contribution is -2.14. The molecule has 0 rings (SSSR count). The Balaban J connectivity index is 0. The van der Waals surface area contributed by atoms with E-state index >= 15 is 0 Å². The van der Waals surface area contributed by atoms with Gasteiger partial charge in [-0.25, -0.2) is 9.59 Å². The minimum absolute atomic E-state index is 0.0199. The predicted octanol–water partition coefficient (Wildman–Crippen LogP) is 3.22. The van der Waals surface area contributed by atoms with E-state index in [4.69, 9.17) is 28.8 Å². The Morgan fingerprint density at radius 2 is 1.23 bits per heavy atom. The summed E-state index contributed by atoms with van der Waals surface area (Å²) < 4.78 is 25.2. The standard InChI is InChI=1S/C12H22O6.C11H20O2/c1-11(2)12(14)18-10-9-17-8-7-16-6-5-15-4-3-13;1-4-6-7-8-9-13-11(12)10(3)5-2/h13H,1,3-10H2,2H3;3-9H2,1-2H3. The molecule has 0 bridgehead atoms. The van der Waals surface area contributed by atoms with Crippen molar-refractivity contribution in [2.75, 3.05) is 59.5 Å². The maximum atomic E-state index is 11.1. The van der Waals surface area contributed by atoms with Gasteiger partial charge in [-0.2, -0.15) is 0 Å². The Kier molecular flexibility index (Phi) is 24.9. The lowest BCUT2D eigenvalue weighted by molar-refractivity contribution is -0.141. The lowest BCUT2D eigenvalue weighted by Gasteiger charge is -2.07. The monoisotopic (exact) mass is 446 g/mol. The second-order valence-corrected chi connectivity index (χ2v) is 6.63. The summed E-state index contributed by atoms with van der Waals surface area (Å²) in [5.41, 5.74) is 0.941. The van der Waals surface area contributed by atoms with Crippen LogP contribution in [0.1, 0.15) is 52.9 Å². The first-order chi connectivity index (χ1) is 14.9. The second kappa shape index (κ2) is 24.5. The van der Waals surface area contributed by atoms with Crippen LogP contribution in [0.25, 0.3) is 0 Å². The number of aliphatic hydroxyl groups excluding tert-OH is 1. The topological polar surface area (TPSA) is 101 Å². The highest BCUT2D eigenvalue weighted by atomic mass is 16.6. The second-order valence-electron chi connectivity index (χ2n) is 6.63. The number of rotatable bonds is 19. The Bertz CT molecular complexity index is 476. The van der Waals surface area contributed by atoms with Gasteiger partial charge in [0.1, 0.15) is 6.61 Å². The first kappa shape index (κ1) is 31.4. The molecule has 0 radical (unpaired) electrons. The predicted molar refractivity (Wildman–Crippen MR) is 120 cm³/mol. The molecule has 0 aliphatic carbocycles. The summed E-state index contributed by atoms with van der Waals surface area (Å²) in [5.74, 6) is -0.644. The number of carbonyl (C=O) groups excluding carboxylic acids is 2. The molecule has 0 fully saturated rings. The third-order valence-corrected chi connectivity index (χ3v) is 3.74. The molecule has 0 heterocycles. The van der Waals surface area contributed by atoms with E-state index in [0.29, 0.717) is 63.8 Å². The molecule has 8 heteroatoms. The third kappa shape index (κ3) is 24.4. The Morgan fingerprint density at radius 3 is 1.71 bits per heavy atom. The molecule has 0 amide bonds. The van der Waals surface area contributed by atoms with Gasteiger partial charge in [0, 0.05) is 11.1 Å². The van der Waals surface area contributed by atoms with Crippen molar-refractivity contribution in [3.05, 3.63) is 24.3 Å². The molecule has 1 N–H and O–H groups in total. The van der Waals surface area contributed by atoms with Gasteiger partial charge in [0.2, 0.25) is 0 Å². The van der Waals surface area contributed by atoms with E-state index in [-0.39, 0.29) is 19.2 Å². The molecule has 0 spiro atoms. The molecular weight excluding hydrogens is 404 g/mol. The van der Waals surface area contributed by atoms with Crippen LogP contribution in [0.15, 0.2) is 24.3 Å². The number of esters is 2. The maximum absolute atomic E-state index is 11.1. The van der Waals surface area contributed by atoms with E-state index in [1.54, 1.807) is 6.92 Å². The minimum atomic E-state index is -0.407. The summed E-state index contributed by atoms with van der Waals surface area (Å²) in [4.78, 5) is 22.1. The number of aliphatic hydroxyl groups is 1. The van der Waals surface area contributed by atoms with Crippen molar-refractivity contribution in [3.63, 3.8) is 0 Å². The normalized spacial score (nSPS) is 10.1. The summed E-state index contributed by atoms with van der Waals surface area (Å²) in [5, 5.41) is 8.44. The van der Waals surface area contributed by atoms with E-state index in [1.807, 2.05) is 6.92 Å². The van der Waals surface area contributed by atoms with Crippen LogP contribution >= 0.6 is 0 Å². The van der Waals surface area contributed by atoms with Crippen molar-refractivity contribution in [1.29, 1.82) is 0 Å². The highest BCUT2D eigenvalue weighted by molar-refractivity contribution is 5.87. The summed E-state index contributed by atoms with van der Waals surface area (Å²) in [6, 6.07) is 0. The zero-order valence-electron chi connectivity index (χ0n) is 19.6. The molecule has 0 aliphatic rings. The molecule has 8 nitrogen and oxygen atoms in total. The van der Waals surface area contributed by atoms with Crippen LogP contribution in [0.2, 0.25) is 0 Å².